The summed E-state index contributed by atoms with van der Waals surface area (Å²) in [7, 11) is 1.60. The van der Waals surface area contributed by atoms with Crippen molar-refractivity contribution in [1.29, 1.82) is 0 Å². The number of nitrogens with zero attached hydrogens (tertiary/aromatic N) is 1. The molecule has 5 unspecified atom stereocenters. The van der Waals surface area contributed by atoms with E-state index in [9.17, 15) is 14.7 Å². The lowest BCUT2D eigenvalue weighted by Crippen LogP contribution is -2.52. The third kappa shape index (κ3) is 8.86. The summed E-state index contributed by atoms with van der Waals surface area (Å²) in [4.78, 5) is 30.1. The van der Waals surface area contributed by atoms with Crippen LogP contribution in [0.3, 0.4) is 0 Å². The van der Waals surface area contributed by atoms with Gasteiger partial charge in [0.2, 0.25) is 5.91 Å². The molecule has 0 aromatic heterocycles. The van der Waals surface area contributed by atoms with Crippen LogP contribution in [-0.4, -0.2) is 70.9 Å². The Bertz CT molecular complexity index is 1780. The largest absolute Gasteiger partial charge is 0.495 e. The second kappa shape index (κ2) is 16.9. The van der Waals surface area contributed by atoms with Crippen molar-refractivity contribution in [3.8, 4) is 17.2 Å². The van der Waals surface area contributed by atoms with E-state index in [1.807, 2.05) is 57.7 Å². The number of fused-ring (bicyclic) bond motifs is 2. The van der Waals surface area contributed by atoms with Gasteiger partial charge in [0.1, 0.15) is 34.5 Å². The maximum absolute atomic E-state index is 14.9. The first-order valence-corrected chi connectivity index (χ1v) is 20.5. The van der Waals surface area contributed by atoms with Gasteiger partial charge in [-0.3, -0.25) is 9.59 Å². The molecule has 8 heteroatoms. The number of amides is 1. The van der Waals surface area contributed by atoms with E-state index in [0.29, 0.717) is 53.2 Å². The van der Waals surface area contributed by atoms with Gasteiger partial charge in [0, 0.05) is 35.7 Å². The van der Waals surface area contributed by atoms with Crippen LogP contribution in [-0.2, 0) is 16.0 Å². The van der Waals surface area contributed by atoms with Gasteiger partial charge in [-0.2, -0.15) is 0 Å². The Kier molecular flexibility index (Phi) is 13.0. The van der Waals surface area contributed by atoms with E-state index in [-0.39, 0.29) is 23.5 Å². The number of allylic oxidation sites excluding steroid dienone is 5. The van der Waals surface area contributed by atoms with Gasteiger partial charge in [0.05, 0.1) is 30.0 Å². The van der Waals surface area contributed by atoms with Crippen molar-refractivity contribution in [1.82, 2.24) is 4.90 Å². The van der Waals surface area contributed by atoms with Crippen LogP contribution in [0.25, 0.3) is 6.08 Å². The molecular formula is C47H67NO7. The summed E-state index contributed by atoms with van der Waals surface area (Å²) in [5.41, 5.74) is 3.22. The fourth-order valence-corrected chi connectivity index (χ4v) is 9.20. The first kappa shape index (κ1) is 42.5. The number of piperidine rings is 1. The Morgan fingerprint density at radius 2 is 1.67 bits per heavy atom. The highest BCUT2D eigenvalue weighted by Crippen LogP contribution is 2.54. The molecule has 1 N–H and O–H groups in total. The number of Topliss-reactive ketones (excluding diaryl/α,β-unsaturated/α-hetero) is 1. The Balaban J connectivity index is 1.56. The highest BCUT2D eigenvalue weighted by atomic mass is 16.5. The number of ether oxygens (including phenoxy) is 4. The maximum atomic E-state index is 14.9. The molecule has 0 saturated carbocycles. The van der Waals surface area contributed by atoms with E-state index in [4.69, 9.17) is 18.9 Å². The van der Waals surface area contributed by atoms with Gasteiger partial charge < -0.3 is 29.0 Å². The third-order valence-corrected chi connectivity index (χ3v) is 12.2. The molecule has 0 spiro atoms. The van der Waals surface area contributed by atoms with Crippen LogP contribution in [0.5, 0.6) is 17.2 Å². The van der Waals surface area contributed by atoms with Gasteiger partial charge in [0.25, 0.3) is 0 Å². The second-order valence-electron chi connectivity index (χ2n) is 17.8. The summed E-state index contributed by atoms with van der Waals surface area (Å²) in [6, 6.07) is 0. The average molecular weight is 758 g/mol. The maximum Gasteiger partial charge on any atom is 0.249 e. The number of carbonyl (C=O) groups excluding carboxylic acids is 2. The molecule has 1 aromatic carbocycles. The molecule has 1 aromatic rings. The minimum Gasteiger partial charge on any atom is -0.495 e. The van der Waals surface area contributed by atoms with Crippen LogP contribution in [0.15, 0.2) is 52.7 Å². The van der Waals surface area contributed by atoms with E-state index >= 15 is 0 Å². The highest BCUT2D eigenvalue weighted by Gasteiger charge is 2.54. The van der Waals surface area contributed by atoms with Crippen LogP contribution >= 0.6 is 0 Å². The van der Waals surface area contributed by atoms with E-state index < -0.39 is 29.0 Å². The lowest BCUT2D eigenvalue weighted by Gasteiger charge is -2.46. The molecule has 302 valence electrons. The van der Waals surface area contributed by atoms with E-state index in [0.717, 1.165) is 61.9 Å². The zero-order valence-electron chi connectivity index (χ0n) is 35.7. The Morgan fingerprint density at radius 1 is 1.00 bits per heavy atom. The standard InChI is InChI=1S/C47H67NO7/c1-13-33-39(50)37-41(52-12)35-22-24-46(10,23-17-18-29(2)3)54-40(35)34(20-19-30(4)5)42(37)53-43(33)38-32(7)28-36(49)47(11,55-45(38,8)9)25-21-31(6)44(51)48-26-15-14-16-27-48/h13,18-19,21-22,24,32,36,38,43,49H,14-17,20,23,25-28H2,1-12H3/b31-21-,33-13-/t32-,36?,38?,43?,46?,47?/m1/s1. The SMILES string of the molecule is C/C=C1/C(=O)c2c(OC)c3c(c(CC=C(C)C)c2OC1C1[C@H](C)CC(O)C(C)(C/C=C(/C)C(=O)N2CCCCC2)OC1(C)C)OC(C)(CCC=C(C)C)C=C3. The quantitative estimate of drug-likeness (QED) is 0.188. The smallest absolute Gasteiger partial charge is 0.249 e. The summed E-state index contributed by atoms with van der Waals surface area (Å²) < 4.78 is 27.3. The van der Waals surface area contributed by atoms with Crippen LogP contribution in [0.4, 0.5) is 0 Å². The van der Waals surface area contributed by atoms with Gasteiger partial charge in [-0.15, -0.1) is 0 Å². The molecule has 0 radical (unpaired) electrons. The van der Waals surface area contributed by atoms with Crippen LogP contribution in [0.1, 0.15) is 143 Å². The number of hydrogen-bond donors (Lipinski definition) is 1. The predicted molar refractivity (Wildman–Crippen MR) is 221 cm³/mol. The number of aliphatic hydroxyl groups excluding tert-OH is 1. The number of likely N-dealkylation sites (tertiary alicyclic amines) is 1. The summed E-state index contributed by atoms with van der Waals surface area (Å²) in [5, 5.41) is 11.8. The van der Waals surface area contributed by atoms with E-state index in [1.54, 1.807) is 7.11 Å². The van der Waals surface area contributed by atoms with Gasteiger partial charge in [-0.1, -0.05) is 42.4 Å². The molecule has 0 aliphatic carbocycles. The van der Waals surface area contributed by atoms with Gasteiger partial charge >= 0.3 is 0 Å². The number of rotatable bonds is 10. The van der Waals surface area contributed by atoms with Gasteiger partial charge in [-0.05, 0) is 139 Å². The third-order valence-electron chi connectivity index (χ3n) is 12.2. The summed E-state index contributed by atoms with van der Waals surface area (Å²) in [6.07, 6.45) is 17.0. The lowest BCUT2D eigenvalue weighted by atomic mass is 9.71. The molecule has 4 heterocycles. The van der Waals surface area contributed by atoms with Crippen molar-refractivity contribution >= 4 is 17.8 Å². The molecule has 6 atom stereocenters. The number of benzene rings is 1. The molecule has 0 bridgehead atoms. The van der Waals surface area contributed by atoms with Crippen molar-refractivity contribution in [3.63, 3.8) is 0 Å². The van der Waals surface area contributed by atoms with E-state index in [2.05, 4.69) is 59.8 Å². The average Bonchev–Trinajstić information content (AvgIpc) is 3.18. The summed E-state index contributed by atoms with van der Waals surface area (Å²) >= 11 is 0. The fourth-order valence-electron chi connectivity index (χ4n) is 9.20. The Morgan fingerprint density at radius 3 is 2.29 bits per heavy atom. The summed E-state index contributed by atoms with van der Waals surface area (Å²) in [6.45, 7) is 23.9. The molecule has 4 aliphatic rings. The first-order chi connectivity index (χ1) is 25.9. The Labute approximate surface area is 330 Å². The predicted octanol–water partition coefficient (Wildman–Crippen LogP) is 9.92. The van der Waals surface area contributed by atoms with Gasteiger partial charge in [-0.25, -0.2) is 0 Å². The normalized spacial score (nSPS) is 29.7. The highest BCUT2D eigenvalue weighted by molar-refractivity contribution is 6.15. The number of aliphatic hydroxyl groups is 1. The topological polar surface area (TPSA) is 94.5 Å². The zero-order valence-corrected chi connectivity index (χ0v) is 35.7. The fraction of sp³-hybridized carbons (Fsp3) is 0.617. The first-order valence-electron chi connectivity index (χ1n) is 20.5. The minimum absolute atomic E-state index is 0.0524. The second-order valence-corrected chi connectivity index (χ2v) is 17.8. The van der Waals surface area contributed by atoms with E-state index in [1.165, 1.54) is 5.57 Å². The monoisotopic (exact) mass is 757 g/mol. The van der Waals surface area contributed by atoms with Crippen molar-refractivity contribution in [2.45, 2.75) is 157 Å². The van der Waals surface area contributed by atoms with Crippen molar-refractivity contribution in [2.75, 3.05) is 20.2 Å². The summed E-state index contributed by atoms with van der Waals surface area (Å²) in [5.74, 6) is 1.12. The molecule has 8 nitrogen and oxygen atoms in total. The number of methoxy groups -OCH3 is 1. The molecule has 1 amide bonds. The van der Waals surface area contributed by atoms with Gasteiger partial charge in [0.15, 0.2) is 5.78 Å². The lowest BCUT2D eigenvalue weighted by molar-refractivity contribution is -0.190. The molecule has 2 saturated heterocycles. The van der Waals surface area contributed by atoms with Crippen molar-refractivity contribution < 1.29 is 33.6 Å². The molecule has 2 fully saturated rings. The Hall–Kier alpha value is -3.62. The van der Waals surface area contributed by atoms with Crippen molar-refractivity contribution in [3.05, 3.63) is 69.4 Å². The molecule has 5 rings (SSSR count). The van der Waals surface area contributed by atoms with Crippen LogP contribution in [0, 0.1) is 11.8 Å². The number of carbonyl (C=O) groups is 2. The molecule has 55 heavy (non-hydrogen) atoms. The number of hydrogen-bond acceptors (Lipinski definition) is 7. The molecule has 4 aliphatic heterocycles. The zero-order chi connectivity index (χ0) is 40.5. The van der Waals surface area contributed by atoms with Crippen LogP contribution < -0.4 is 14.2 Å². The minimum atomic E-state index is -0.977. The van der Waals surface area contributed by atoms with Crippen molar-refractivity contribution in [2.24, 2.45) is 11.8 Å². The molecular weight excluding hydrogens is 691 g/mol. The van der Waals surface area contributed by atoms with Crippen LogP contribution in [0.2, 0.25) is 0 Å². The number of ketones is 1.